The van der Waals surface area contributed by atoms with Gasteiger partial charge in [0.15, 0.2) is 0 Å². The van der Waals surface area contributed by atoms with Crippen LogP contribution < -0.4 is 20.2 Å². The van der Waals surface area contributed by atoms with Crippen LogP contribution in [0.5, 0.6) is 11.5 Å². The lowest BCUT2D eigenvalue weighted by molar-refractivity contribution is -0.129. The molecule has 1 amide bonds. The second kappa shape index (κ2) is 12.0. The van der Waals surface area contributed by atoms with Gasteiger partial charge in [0, 0.05) is 17.1 Å². The predicted molar refractivity (Wildman–Crippen MR) is 142 cm³/mol. The number of hydrazone groups is 1. The van der Waals surface area contributed by atoms with Crippen molar-refractivity contribution in [3.8, 4) is 11.5 Å². The Morgan fingerprint density at radius 2 is 1.64 bits per heavy atom. The molecule has 4 aromatic carbocycles. The zero-order chi connectivity index (χ0) is 25.2. The molecule has 36 heavy (non-hydrogen) atoms. The number of esters is 1. The summed E-state index contributed by atoms with van der Waals surface area (Å²) in [5.74, 6) is 0.316. The molecule has 7 heteroatoms. The third kappa shape index (κ3) is 6.80. The van der Waals surface area contributed by atoms with E-state index in [2.05, 4.69) is 15.8 Å². The molecule has 0 unspecified atom stereocenters. The molecule has 0 aliphatic rings. The van der Waals surface area contributed by atoms with Crippen LogP contribution >= 0.6 is 0 Å². The summed E-state index contributed by atoms with van der Waals surface area (Å²) in [7, 11) is 1.60. The minimum Gasteiger partial charge on any atom is -0.497 e. The molecule has 0 bridgehead atoms. The molecule has 0 spiro atoms. The number of rotatable bonds is 9. The second-order valence-electron chi connectivity index (χ2n) is 7.77. The summed E-state index contributed by atoms with van der Waals surface area (Å²) < 4.78 is 10.5. The largest absolute Gasteiger partial charge is 0.497 e. The minimum absolute atomic E-state index is 0.0729. The fraction of sp³-hybridized carbons (Fsp3) is 0.0690. The Kier molecular flexibility index (Phi) is 8.07. The quantitative estimate of drug-likeness (QED) is 0.116. The second-order valence-corrected chi connectivity index (χ2v) is 7.77. The van der Waals surface area contributed by atoms with Crippen molar-refractivity contribution in [1.29, 1.82) is 0 Å². The van der Waals surface area contributed by atoms with Gasteiger partial charge in [-0.25, -0.2) is 10.2 Å². The number of amides is 1. The van der Waals surface area contributed by atoms with Gasteiger partial charge in [-0.2, -0.15) is 5.10 Å². The van der Waals surface area contributed by atoms with E-state index >= 15 is 0 Å². The number of ether oxygens (including phenoxy) is 2. The zero-order valence-electron chi connectivity index (χ0n) is 19.7. The summed E-state index contributed by atoms with van der Waals surface area (Å²) in [6, 6.07) is 28.0. The molecular formula is C29H25N3O4. The molecule has 0 aliphatic heterocycles. The summed E-state index contributed by atoms with van der Waals surface area (Å²) in [6.45, 7) is 0.0729. The lowest BCUT2D eigenvalue weighted by atomic mass is 10.1. The molecule has 180 valence electrons. The summed E-state index contributed by atoms with van der Waals surface area (Å²) in [5.41, 5.74) is 4.89. The van der Waals surface area contributed by atoms with Crippen LogP contribution in [0.15, 0.2) is 102 Å². The van der Waals surface area contributed by atoms with Crippen LogP contribution in [0.1, 0.15) is 11.1 Å². The van der Waals surface area contributed by atoms with E-state index in [9.17, 15) is 9.59 Å². The van der Waals surface area contributed by atoms with Gasteiger partial charge in [-0.1, -0.05) is 60.7 Å². The van der Waals surface area contributed by atoms with Gasteiger partial charge in [0.05, 0.1) is 19.9 Å². The van der Waals surface area contributed by atoms with E-state index in [1.165, 1.54) is 12.3 Å². The number of nitrogens with one attached hydrogen (secondary N) is 2. The normalized spacial score (nSPS) is 11.0. The van der Waals surface area contributed by atoms with E-state index in [-0.39, 0.29) is 12.5 Å². The maximum Gasteiger partial charge on any atom is 0.336 e. The van der Waals surface area contributed by atoms with Gasteiger partial charge in [0.25, 0.3) is 5.91 Å². The van der Waals surface area contributed by atoms with Crippen LogP contribution in [-0.4, -0.2) is 31.7 Å². The fourth-order valence-electron chi connectivity index (χ4n) is 3.46. The van der Waals surface area contributed by atoms with Crippen molar-refractivity contribution in [3.05, 3.63) is 108 Å². The number of hydrogen-bond acceptors (Lipinski definition) is 6. The van der Waals surface area contributed by atoms with Crippen molar-refractivity contribution in [2.75, 3.05) is 19.0 Å². The Labute approximate surface area is 209 Å². The zero-order valence-corrected chi connectivity index (χ0v) is 19.7. The van der Waals surface area contributed by atoms with Crippen molar-refractivity contribution in [3.63, 3.8) is 0 Å². The van der Waals surface area contributed by atoms with E-state index < -0.39 is 5.97 Å². The molecule has 0 heterocycles. The third-order valence-electron chi connectivity index (χ3n) is 5.24. The van der Waals surface area contributed by atoms with Crippen LogP contribution in [0.4, 0.5) is 5.69 Å². The van der Waals surface area contributed by atoms with Crippen molar-refractivity contribution < 1.29 is 19.1 Å². The van der Waals surface area contributed by atoms with Crippen molar-refractivity contribution in [1.82, 2.24) is 5.43 Å². The van der Waals surface area contributed by atoms with Crippen LogP contribution in [0.25, 0.3) is 16.8 Å². The van der Waals surface area contributed by atoms with Crippen LogP contribution in [0.2, 0.25) is 0 Å². The highest BCUT2D eigenvalue weighted by Gasteiger charge is 2.04. The van der Waals surface area contributed by atoms with Crippen molar-refractivity contribution in [2.45, 2.75) is 0 Å². The predicted octanol–water partition coefficient (Wildman–Crippen LogP) is 5.03. The number of hydrogen-bond donors (Lipinski definition) is 2. The highest BCUT2D eigenvalue weighted by atomic mass is 16.5. The molecule has 4 aromatic rings. The molecule has 0 aliphatic carbocycles. The molecule has 7 nitrogen and oxygen atoms in total. The standard InChI is InChI=1S/C29H25N3O4/c1-35-24-15-12-21(13-16-24)14-17-29(34)36-25-9-4-6-22(18-25)19-31-32-28(33)20-30-27-11-5-8-23-7-2-3-10-26(23)27/h2-19,30H,20H2,1H3,(H,32,33). The van der Waals surface area contributed by atoms with E-state index in [1.54, 1.807) is 37.5 Å². The molecule has 2 N–H and O–H groups in total. The average Bonchev–Trinajstić information content (AvgIpc) is 2.91. The van der Waals surface area contributed by atoms with Gasteiger partial charge in [0.1, 0.15) is 11.5 Å². The average molecular weight is 480 g/mol. The summed E-state index contributed by atoms with van der Waals surface area (Å²) in [6.07, 6.45) is 4.50. The van der Waals surface area contributed by atoms with Gasteiger partial charge in [-0.3, -0.25) is 4.79 Å². The summed E-state index contributed by atoms with van der Waals surface area (Å²) in [5, 5.41) is 9.28. The van der Waals surface area contributed by atoms with Gasteiger partial charge >= 0.3 is 5.97 Å². The van der Waals surface area contributed by atoms with E-state index in [1.807, 2.05) is 66.7 Å². The first kappa shape index (κ1) is 24.2. The van der Waals surface area contributed by atoms with Gasteiger partial charge in [-0.15, -0.1) is 0 Å². The number of carbonyl (C=O) groups excluding carboxylic acids is 2. The van der Waals surface area contributed by atoms with Crippen molar-refractivity contribution in [2.24, 2.45) is 5.10 Å². The monoisotopic (exact) mass is 479 g/mol. The number of anilines is 1. The number of benzene rings is 4. The molecule has 0 atom stereocenters. The van der Waals surface area contributed by atoms with Crippen LogP contribution in [0.3, 0.4) is 0 Å². The minimum atomic E-state index is -0.507. The van der Waals surface area contributed by atoms with E-state index in [0.717, 1.165) is 27.8 Å². The molecular weight excluding hydrogens is 454 g/mol. The molecule has 0 fully saturated rings. The third-order valence-corrected chi connectivity index (χ3v) is 5.24. The Morgan fingerprint density at radius 3 is 2.47 bits per heavy atom. The topological polar surface area (TPSA) is 89.0 Å². The van der Waals surface area contributed by atoms with Gasteiger partial charge in [0.2, 0.25) is 0 Å². The maximum atomic E-state index is 12.2. The highest BCUT2D eigenvalue weighted by molar-refractivity contribution is 5.95. The smallest absolute Gasteiger partial charge is 0.336 e. The highest BCUT2D eigenvalue weighted by Crippen LogP contribution is 2.22. The van der Waals surface area contributed by atoms with Crippen molar-refractivity contribution >= 4 is 40.6 Å². The Hall–Kier alpha value is -4.91. The Bertz CT molecular complexity index is 1410. The van der Waals surface area contributed by atoms with Gasteiger partial charge < -0.3 is 14.8 Å². The van der Waals surface area contributed by atoms with Gasteiger partial charge in [-0.05, 0) is 52.9 Å². The SMILES string of the molecule is COc1ccc(C=CC(=O)Oc2cccc(C=NNC(=O)CNc3cccc4ccccc34)c2)cc1. The van der Waals surface area contributed by atoms with Crippen LogP contribution in [0, 0.1) is 0 Å². The Morgan fingerprint density at radius 1 is 0.861 bits per heavy atom. The lowest BCUT2D eigenvalue weighted by Crippen LogP contribution is -2.25. The fourth-order valence-corrected chi connectivity index (χ4v) is 3.46. The van der Waals surface area contributed by atoms with E-state index in [4.69, 9.17) is 9.47 Å². The molecule has 0 saturated heterocycles. The molecule has 0 radical (unpaired) electrons. The molecule has 0 saturated carbocycles. The first-order valence-electron chi connectivity index (χ1n) is 11.3. The van der Waals surface area contributed by atoms with Crippen LogP contribution in [-0.2, 0) is 9.59 Å². The maximum absolute atomic E-state index is 12.2. The first-order valence-corrected chi connectivity index (χ1v) is 11.3. The molecule has 4 rings (SSSR count). The summed E-state index contributed by atoms with van der Waals surface area (Å²) >= 11 is 0. The lowest BCUT2D eigenvalue weighted by Gasteiger charge is -2.08. The number of nitrogens with zero attached hydrogens (tertiary/aromatic N) is 1. The van der Waals surface area contributed by atoms with E-state index in [0.29, 0.717) is 11.3 Å². The number of fused-ring (bicyclic) bond motifs is 1. The summed E-state index contributed by atoms with van der Waals surface area (Å²) in [4.78, 5) is 24.4. The molecule has 0 aromatic heterocycles. The number of methoxy groups -OCH3 is 1. The number of carbonyl (C=O) groups is 2. The Balaban J connectivity index is 1.27. The first-order chi connectivity index (χ1) is 17.6.